The molecule has 7 aromatic rings. The van der Waals surface area contributed by atoms with Crippen molar-refractivity contribution in [2.75, 3.05) is 0 Å². The highest BCUT2D eigenvalue weighted by Crippen LogP contribution is 2.37. The van der Waals surface area contributed by atoms with Crippen molar-refractivity contribution in [3.05, 3.63) is 97.1 Å². The maximum absolute atomic E-state index is 11.5. The van der Waals surface area contributed by atoms with Gasteiger partial charge < -0.3 is 9.77 Å². The third-order valence-corrected chi connectivity index (χ3v) is 7.94. The minimum Gasteiger partial charge on any atom is -0.425 e. The fourth-order valence-electron chi connectivity index (χ4n) is 5.95. The first-order valence-corrected chi connectivity index (χ1v) is 13.5. The van der Waals surface area contributed by atoms with Gasteiger partial charge in [-0.1, -0.05) is 97.1 Å². The van der Waals surface area contributed by atoms with Gasteiger partial charge in [-0.05, 0) is 0 Å². The van der Waals surface area contributed by atoms with Crippen LogP contribution in [0.4, 0.5) is 0 Å². The zero-order valence-corrected chi connectivity index (χ0v) is 22.3. The zero-order valence-electron chi connectivity index (χ0n) is 22.3. The van der Waals surface area contributed by atoms with Gasteiger partial charge in [-0.25, -0.2) is 29.9 Å². The van der Waals surface area contributed by atoms with Crippen molar-refractivity contribution in [2.45, 2.75) is 0 Å². The van der Waals surface area contributed by atoms with Gasteiger partial charge in [0.2, 0.25) is 0 Å². The SMILES string of the molecule is Cn1c2nc3nc(nc4c5ccccc5c(nc5nc(nc1c1ccccc12)-c1ccccc1-5)n4O)-c1ccccc1-3. The summed E-state index contributed by atoms with van der Waals surface area (Å²) in [5, 5.41) is 14.9. The highest BCUT2D eigenvalue weighted by atomic mass is 16.5. The molecule has 2 aliphatic heterocycles. The first-order valence-electron chi connectivity index (χ1n) is 13.5. The van der Waals surface area contributed by atoms with E-state index in [0.717, 1.165) is 59.8 Å². The molecule has 1 N–H and O–H groups in total. The van der Waals surface area contributed by atoms with Gasteiger partial charge in [-0.2, -0.15) is 0 Å². The predicted molar refractivity (Wildman–Crippen MR) is 161 cm³/mol. The fourth-order valence-corrected chi connectivity index (χ4v) is 5.95. The summed E-state index contributed by atoms with van der Waals surface area (Å²) in [5.74, 6) is 2.01. The summed E-state index contributed by atoms with van der Waals surface area (Å²) >= 11 is 0. The Bertz CT molecular complexity index is 2120. The number of rotatable bonds is 0. The summed E-state index contributed by atoms with van der Waals surface area (Å²) in [6, 6.07) is 31.5. The lowest BCUT2D eigenvalue weighted by Crippen LogP contribution is -1.94. The summed E-state index contributed by atoms with van der Waals surface area (Å²) in [5.41, 5.74) is 5.51. The number of aromatic nitrogens is 8. The second-order valence-corrected chi connectivity index (χ2v) is 10.3. The van der Waals surface area contributed by atoms with Gasteiger partial charge in [-0.15, -0.1) is 4.73 Å². The normalized spacial score (nSPS) is 12.0. The van der Waals surface area contributed by atoms with Crippen LogP contribution in [0.15, 0.2) is 97.1 Å². The van der Waals surface area contributed by atoms with Crippen molar-refractivity contribution < 1.29 is 5.21 Å². The van der Waals surface area contributed by atoms with Crippen LogP contribution in [0, 0.1) is 0 Å². The van der Waals surface area contributed by atoms with Crippen molar-refractivity contribution in [2.24, 2.45) is 7.05 Å². The number of hydrogen-bond donors (Lipinski definition) is 1. The Hall–Kier alpha value is -5.96. The Morgan fingerprint density at radius 2 is 0.690 bits per heavy atom. The molecule has 0 unspecified atom stereocenters. The summed E-state index contributed by atoms with van der Waals surface area (Å²) in [7, 11) is 1.96. The molecule has 2 aliphatic rings. The smallest absolute Gasteiger partial charge is 0.180 e. The topological polar surface area (TPSA) is 107 Å². The van der Waals surface area contributed by atoms with Crippen LogP contribution in [0.3, 0.4) is 0 Å². The molecule has 9 heteroatoms. The number of aryl methyl sites for hydroxylation is 1. The van der Waals surface area contributed by atoms with E-state index in [1.807, 2.05) is 109 Å². The molecule has 0 spiro atoms. The van der Waals surface area contributed by atoms with Crippen LogP contribution < -0.4 is 0 Å². The van der Waals surface area contributed by atoms with Gasteiger partial charge in [-0.3, -0.25) is 0 Å². The summed E-state index contributed by atoms with van der Waals surface area (Å²) in [6.07, 6.45) is 0. The van der Waals surface area contributed by atoms with E-state index in [0.29, 0.717) is 34.6 Å². The first-order chi connectivity index (χ1) is 20.7. The van der Waals surface area contributed by atoms with Gasteiger partial charge >= 0.3 is 0 Å². The van der Waals surface area contributed by atoms with Crippen LogP contribution in [-0.4, -0.2) is 44.4 Å². The Kier molecular flexibility index (Phi) is 4.50. The monoisotopic (exact) mass is 544 g/mol. The number of hydrogen-bond acceptors (Lipinski definition) is 7. The first kappa shape index (κ1) is 22.8. The molecule has 0 saturated carbocycles. The Morgan fingerprint density at radius 3 is 1.05 bits per heavy atom. The Morgan fingerprint density at radius 1 is 0.405 bits per heavy atom. The average molecular weight is 545 g/mol. The van der Waals surface area contributed by atoms with Gasteiger partial charge in [0.25, 0.3) is 0 Å². The van der Waals surface area contributed by atoms with Gasteiger partial charge in [0.05, 0.1) is 0 Å². The Labute approximate surface area is 238 Å². The molecule has 0 aliphatic carbocycles. The highest BCUT2D eigenvalue weighted by Gasteiger charge is 2.23. The van der Waals surface area contributed by atoms with Crippen molar-refractivity contribution in [3.63, 3.8) is 0 Å². The lowest BCUT2D eigenvalue weighted by atomic mass is 10.1. The summed E-state index contributed by atoms with van der Waals surface area (Å²) in [6.45, 7) is 0. The molecule has 5 heterocycles. The van der Waals surface area contributed by atoms with Gasteiger partial charge in [0.15, 0.2) is 34.6 Å². The molecule has 9 rings (SSSR count). The minimum atomic E-state index is 0.332. The van der Waals surface area contributed by atoms with Crippen LogP contribution in [0.2, 0.25) is 0 Å². The predicted octanol–water partition coefficient (Wildman–Crippen LogP) is 6.59. The van der Waals surface area contributed by atoms with Crippen LogP contribution in [0.25, 0.3) is 89.7 Å². The molecule has 9 nitrogen and oxygen atoms in total. The van der Waals surface area contributed by atoms with E-state index < -0.39 is 0 Å². The quantitative estimate of drug-likeness (QED) is 0.215. The van der Waals surface area contributed by atoms with Crippen LogP contribution in [0.5, 0.6) is 0 Å². The number of benzene rings is 4. The van der Waals surface area contributed by atoms with Crippen LogP contribution >= 0.6 is 0 Å². The highest BCUT2D eigenvalue weighted by molar-refractivity contribution is 6.07. The van der Waals surface area contributed by atoms with E-state index in [2.05, 4.69) is 0 Å². The molecule has 0 radical (unpaired) electrons. The summed E-state index contributed by atoms with van der Waals surface area (Å²) < 4.78 is 3.00. The molecular formula is C33H20N8O. The number of fused-ring (bicyclic) bond motifs is 20. The molecule has 0 amide bonds. The van der Waals surface area contributed by atoms with E-state index in [-0.39, 0.29) is 0 Å². The van der Waals surface area contributed by atoms with Gasteiger partial charge in [0.1, 0.15) is 11.3 Å². The summed E-state index contributed by atoms with van der Waals surface area (Å²) in [4.78, 5) is 29.8. The third kappa shape index (κ3) is 3.07. The molecule has 42 heavy (non-hydrogen) atoms. The van der Waals surface area contributed by atoms with E-state index in [1.54, 1.807) is 0 Å². The molecule has 198 valence electrons. The van der Waals surface area contributed by atoms with E-state index in [9.17, 15) is 5.21 Å². The van der Waals surface area contributed by atoms with Gasteiger partial charge in [0, 0.05) is 50.8 Å². The van der Waals surface area contributed by atoms with E-state index >= 15 is 0 Å². The lowest BCUT2D eigenvalue weighted by Gasteiger charge is -1.99. The van der Waals surface area contributed by atoms with Crippen molar-refractivity contribution in [1.29, 1.82) is 0 Å². The standard InChI is InChI=1S/C33H20N8O/c1-40-30-22-14-6-7-15-23(22)31(40)37-27-19-11-3-5-13-21(19)29(35-27)39-33-25-17-9-8-16-24(25)32(41(33)42)38-28-20-12-4-2-10-18(20)26(34-28)36-30/h2-17,42H,1H3. The largest absolute Gasteiger partial charge is 0.425 e. The zero-order chi connectivity index (χ0) is 27.9. The molecule has 4 aromatic carbocycles. The average Bonchev–Trinajstić information content (AvgIpc) is 3.71. The number of nitrogens with zero attached hydrogens (tertiary/aromatic N) is 8. The third-order valence-electron chi connectivity index (χ3n) is 7.94. The molecular weight excluding hydrogens is 524 g/mol. The maximum atomic E-state index is 11.5. The molecule has 0 fully saturated rings. The fraction of sp³-hybridized carbons (Fsp3) is 0.0303. The van der Waals surface area contributed by atoms with E-state index in [4.69, 9.17) is 29.9 Å². The minimum absolute atomic E-state index is 0.332. The van der Waals surface area contributed by atoms with Crippen LogP contribution in [-0.2, 0) is 7.05 Å². The Balaban J connectivity index is 1.55. The maximum Gasteiger partial charge on any atom is 0.180 e. The molecule has 3 aromatic heterocycles. The molecule has 0 saturated heterocycles. The van der Waals surface area contributed by atoms with Crippen molar-refractivity contribution in [1.82, 2.24) is 39.2 Å². The second-order valence-electron chi connectivity index (χ2n) is 10.3. The molecule has 8 bridgehead atoms. The van der Waals surface area contributed by atoms with Crippen LogP contribution in [0.1, 0.15) is 0 Å². The van der Waals surface area contributed by atoms with Crippen molar-refractivity contribution in [3.8, 4) is 45.6 Å². The molecule has 0 atom stereocenters. The van der Waals surface area contributed by atoms with Crippen molar-refractivity contribution >= 4 is 44.1 Å². The van der Waals surface area contributed by atoms with E-state index in [1.165, 1.54) is 0 Å². The second kappa shape index (κ2) is 8.28. The lowest BCUT2D eigenvalue weighted by molar-refractivity contribution is 0.209.